The highest BCUT2D eigenvalue weighted by atomic mass is 16.6. The molecule has 4 aliphatic rings. The van der Waals surface area contributed by atoms with Gasteiger partial charge in [-0.2, -0.15) is 0 Å². The number of nitrogens with zero attached hydrogens (tertiary/aromatic N) is 1. The standard InChI is InChI=1S/C27H31NO5/c29-26(33-17-25-23-7-3-1-5-21(23)22-6-2-4-8-24(22)25)28-19-13-27(30,14-20(28)16-32-15-19)18-9-11-31-12-10-18/h1-8,18-20,25,30H,9-17H2. The molecule has 174 valence electrons. The van der Waals surface area contributed by atoms with Crippen LogP contribution in [-0.4, -0.2) is 66.8 Å². The molecule has 0 spiro atoms. The van der Waals surface area contributed by atoms with Gasteiger partial charge in [0.1, 0.15) is 6.61 Å². The Balaban J connectivity index is 1.18. The van der Waals surface area contributed by atoms with Crippen LogP contribution in [0.2, 0.25) is 0 Å². The number of piperidine rings is 1. The number of carbonyl (C=O) groups excluding carboxylic acids is 1. The maximum absolute atomic E-state index is 13.3. The van der Waals surface area contributed by atoms with Crippen molar-refractivity contribution in [3.05, 3.63) is 59.7 Å². The molecule has 1 aliphatic carbocycles. The molecule has 1 amide bonds. The van der Waals surface area contributed by atoms with Crippen molar-refractivity contribution in [3.63, 3.8) is 0 Å². The number of morpholine rings is 1. The van der Waals surface area contributed by atoms with Crippen molar-refractivity contribution in [2.24, 2.45) is 5.92 Å². The van der Waals surface area contributed by atoms with Crippen LogP contribution in [0.3, 0.4) is 0 Å². The van der Waals surface area contributed by atoms with Crippen molar-refractivity contribution in [2.75, 3.05) is 33.0 Å². The van der Waals surface area contributed by atoms with Gasteiger partial charge in [-0.1, -0.05) is 48.5 Å². The number of amides is 1. The second kappa shape index (κ2) is 8.42. The van der Waals surface area contributed by atoms with Crippen LogP contribution in [0.25, 0.3) is 11.1 Å². The maximum Gasteiger partial charge on any atom is 0.410 e. The summed E-state index contributed by atoms with van der Waals surface area (Å²) in [5.41, 5.74) is 4.10. The van der Waals surface area contributed by atoms with E-state index in [4.69, 9.17) is 14.2 Å². The molecule has 3 aliphatic heterocycles. The number of hydrogen-bond acceptors (Lipinski definition) is 5. The van der Waals surface area contributed by atoms with E-state index in [9.17, 15) is 9.90 Å². The molecule has 6 nitrogen and oxygen atoms in total. The summed E-state index contributed by atoms with van der Waals surface area (Å²) in [4.78, 5) is 15.2. The summed E-state index contributed by atoms with van der Waals surface area (Å²) in [6.45, 7) is 2.62. The van der Waals surface area contributed by atoms with Crippen molar-refractivity contribution in [1.29, 1.82) is 0 Å². The largest absolute Gasteiger partial charge is 0.448 e. The highest BCUT2D eigenvalue weighted by Crippen LogP contribution is 2.45. The average Bonchev–Trinajstić information content (AvgIpc) is 3.16. The molecule has 0 radical (unpaired) electrons. The summed E-state index contributed by atoms with van der Waals surface area (Å²) in [5, 5.41) is 11.5. The number of fused-ring (bicyclic) bond motifs is 5. The van der Waals surface area contributed by atoms with Crippen molar-refractivity contribution in [3.8, 4) is 11.1 Å². The predicted molar refractivity (Wildman–Crippen MR) is 123 cm³/mol. The monoisotopic (exact) mass is 449 g/mol. The summed E-state index contributed by atoms with van der Waals surface area (Å²) >= 11 is 0. The van der Waals surface area contributed by atoms with Crippen molar-refractivity contribution >= 4 is 6.09 Å². The first-order valence-electron chi connectivity index (χ1n) is 12.2. The van der Waals surface area contributed by atoms with Crippen LogP contribution in [-0.2, 0) is 14.2 Å². The first-order valence-corrected chi connectivity index (χ1v) is 12.2. The van der Waals surface area contributed by atoms with Crippen LogP contribution < -0.4 is 0 Å². The number of ether oxygens (including phenoxy) is 3. The van der Waals surface area contributed by atoms with Gasteiger partial charge in [-0.25, -0.2) is 4.79 Å². The Morgan fingerprint density at radius 2 is 1.52 bits per heavy atom. The van der Waals surface area contributed by atoms with Gasteiger partial charge in [0, 0.05) is 19.1 Å². The lowest BCUT2D eigenvalue weighted by molar-refractivity contribution is -0.164. The molecular formula is C27H31NO5. The van der Waals surface area contributed by atoms with Gasteiger partial charge in [0.25, 0.3) is 0 Å². The first kappa shape index (κ1) is 21.1. The zero-order valence-electron chi connectivity index (χ0n) is 18.8. The molecule has 2 unspecified atom stereocenters. The molecule has 0 saturated carbocycles. The third-order valence-electron chi connectivity index (χ3n) is 8.11. The van der Waals surface area contributed by atoms with Crippen LogP contribution in [0, 0.1) is 5.92 Å². The van der Waals surface area contributed by atoms with Gasteiger partial charge in [0.15, 0.2) is 0 Å². The van der Waals surface area contributed by atoms with E-state index >= 15 is 0 Å². The lowest BCUT2D eigenvalue weighted by Crippen LogP contribution is -2.65. The highest BCUT2D eigenvalue weighted by Gasteiger charge is 2.51. The summed E-state index contributed by atoms with van der Waals surface area (Å²) < 4.78 is 17.2. The minimum absolute atomic E-state index is 0.0430. The van der Waals surface area contributed by atoms with Gasteiger partial charge >= 0.3 is 6.09 Å². The number of carbonyl (C=O) groups is 1. The number of aliphatic hydroxyl groups is 1. The van der Waals surface area contributed by atoms with Crippen LogP contribution in [0.5, 0.6) is 0 Å². The summed E-state index contributed by atoms with van der Waals surface area (Å²) in [6.07, 6.45) is 2.55. The lowest BCUT2D eigenvalue weighted by atomic mass is 9.71. The van der Waals surface area contributed by atoms with E-state index in [0.29, 0.717) is 45.9 Å². The zero-order valence-corrected chi connectivity index (χ0v) is 18.8. The summed E-state index contributed by atoms with van der Waals surface area (Å²) in [7, 11) is 0. The van der Waals surface area contributed by atoms with Crippen LogP contribution in [0.1, 0.15) is 42.7 Å². The van der Waals surface area contributed by atoms with Gasteiger partial charge in [-0.15, -0.1) is 0 Å². The predicted octanol–water partition coefficient (Wildman–Crippen LogP) is 3.96. The number of benzene rings is 2. The molecule has 3 fully saturated rings. The molecule has 2 aromatic carbocycles. The van der Waals surface area contributed by atoms with Gasteiger partial charge in [-0.05, 0) is 53.9 Å². The molecule has 3 heterocycles. The average molecular weight is 450 g/mol. The first-order chi connectivity index (χ1) is 16.1. The topological polar surface area (TPSA) is 68.2 Å². The normalized spacial score (nSPS) is 29.4. The molecule has 2 bridgehead atoms. The number of rotatable bonds is 3. The Kier molecular flexibility index (Phi) is 5.40. The summed E-state index contributed by atoms with van der Waals surface area (Å²) in [6, 6.07) is 16.4. The fourth-order valence-corrected chi connectivity index (χ4v) is 6.55. The smallest absolute Gasteiger partial charge is 0.410 e. The van der Waals surface area contributed by atoms with Gasteiger partial charge in [0.2, 0.25) is 0 Å². The third-order valence-corrected chi connectivity index (χ3v) is 8.11. The van der Waals surface area contributed by atoms with E-state index < -0.39 is 5.60 Å². The Labute approximate surface area is 194 Å². The fourth-order valence-electron chi connectivity index (χ4n) is 6.55. The van der Waals surface area contributed by atoms with Gasteiger partial charge < -0.3 is 19.3 Å². The van der Waals surface area contributed by atoms with Crippen molar-refractivity contribution in [1.82, 2.24) is 4.90 Å². The van der Waals surface area contributed by atoms with E-state index in [-0.39, 0.29) is 30.0 Å². The molecular weight excluding hydrogens is 418 g/mol. The molecule has 6 rings (SSSR count). The third kappa shape index (κ3) is 3.65. The van der Waals surface area contributed by atoms with E-state index in [1.165, 1.54) is 22.3 Å². The highest BCUT2D eigenvalue weighted by molar-refractivity contribution is 5.79. The zero-order chi connectivity index (χ0) is 22.4. The quantitative estimate of drug-likeness (QED) is 0.768. The molecule has 2 atom stereocenters. The van der Waals surface area contributed by atoms with Crippen molar-refractivity contribution < 1.29 is 24.1 Å². The molecule has 3 saturated heterocycles. The number of hydrogen-bond donors (Lipinski definition) is 1. The van der Waals surface area contributed by atoms with Crippen molar-refractivity contribution in [2.45, 2.75) is 49.3 Å². The Hall–Kier alpha value is -2.41. The molecule has 2 aromatic rings. The van der Waals surface area contributed by atoms with E-state index in [1.807, 2.05) is 17.0 Å². The van der Waals surface area contributed by atoms with E-state index in [2.05, 4.69) is 36.4 Å². The van der Waals surface area contributed by atoms with Crippen LogP contribution >= 0.6 is 0 Å². The van der Waals surface area contributed by atoms with E-state index in [1.54, 1.807) is 0 Å². The summed E-state index contributed by atoms with van der Waals surface area (Å²) in [5.74, 6) is 0.264. The second-order valence-electron chi connectivity index (χ2n) is 9.95. The minimum atomic E-state index is -0.761. The van der Waals surface area contributed by atoms with Crippen LogP contribution in [0.15, 0.2) is 48.5 Å². The molecule has 6 heteroatoms. The second-order valence-corrected chi connectivity index (χ2v) is 9.95. The Morgan fingerprint density at radius 3 is 2.12 bits per heavy atom. The molecule has 1 N–H and O–H groups in total. The van der Waals surface area contributed by atoms with Gasteiger partial charge in [-0.3, -0.25) is 4.90 Å². The SMILES string of the molecule is O=C(OCC1c2ccccc2-c2ccccc21)N1C2COCC1CC(O)(C1CCOCC1)C2. The van der Waals surface area contributed by atoms with Gasteiger partial charge in [0.05, 0.1) is 30.9 Å². The maximum atomic E-state index is 13.3. The molecule has 33 heavy (non-hydrogen) atoms. The van der Waals surface area contributed by atoms with Crippen LogP contribution in [0.4, 0.5) is 4.79 Å². The Morgan fingerprint density at radius 1 is 0.939 bits per heavy atom. The minimum Gasteiger partial charge on any atom is -0.448 e. The Bertz CT molecular complexity index is 973. The van der Waals surface area contributed by atoms with E-state index in [0.717, 1.165) is 12.8 Å². The lowest BCUT2D eigenvalue weighted by Gasteiger charge is -2.53. The fraction of sp³-hybridized carbons (Fsp3) is 0.519. The molecule has 0 aromatic heterocycles.